The molecule has 0 spiro atoms. The van der Waals surface area contributed by atoms with Crippen molar-refractivity contribution in [2.45, 2.75) is 80.1 Å². The van der Waals surface area contributed by atoms with Gasteiger partial charge in [0.2, 0.25) is 0 Å². The Balaban J connectivity index is 0.000000229. The fraction of sp³-hybridized carbons (Fsp3) is 0.333. The van der Waals surface area contributed by atoms with E-state index in [-0.39, 0.29) is 35.6 Å². The van der Waals surface area contributed by atoms with Crippen molar-refractivity contribution in [3.63, 3.8) is 0 Å². The number of halogens is 2. The van der Waals surface area contributed by atoms with Gasteiger partial charge < -0.3 is 24.8 Å². The van der Waals surface area contributed by atoms with E-state index in [1.165, 1.54) is 95.9 Å². The van der Waals surface area contributed by atoms with Crippen LogP contribution in [0.15, 0.2) is 90.0 Å². The molecule has 45 heavy (non-hydrogen) atoms. The number of hydrogen-bond acceptors (Lipinski definition) is 0. The van der Waals surface area contributed by atoms with Gasteiger partial charge in [-0.15, -0.1) is 39.7 Å². The molecule has 0 aliphatic heterocycles. The van der Waals surface area contributed by atoms with E-state index in [2.05, 4.69) is 152 Å². The molecular formula is C42H46Cl2Zr-2. The molecule has 4 aromatic rings. The van der Waals surface area contributed by atoms with E-state index in [1.54, 1.807) is 0 Å². The summed E-state index contributed by atoms with van der Waals surface area (Å²) in [4.78, 5) is 0. The fourth-order valence-electron chi connectivity index (χ4n) is 7.25. The Morgan fingerprint density at radius 2 is 1.24 bits per heavy atom. The molecule has 0 fully saturated rings. The molecule has 0 aromatic heterocycles. The first-order valence-electron chi connectivity index (χ1n) is 15.7. The molecule has 234 valence electrons. The third kappa shape index (κ3) is 7.53. The molecule has 0 amide bonds. The Labute approximate surface area is 299 Å². The summed E-state index contributed by atoms with van der Waals surface area (Å²) >= 11 is 1.46. The van der Waals surface area contributed by atoms with Crippen LogP contribution >= 0.6 is 0 Å². The first kappa shape index (κ1) is 37.3. The summed E-state index contributed by atoms with van der Waals surface area (Å²) < 4.78 is 2.17. The van der Waals surface area contributed by atoms with Gasteiger partial charge in [-0.3, -0.25) is 6.08 Å². The molecule has 0 heterocycles. The quantitative estimate of drug-likeness (QED) is 0.243. The number of allylic oxidation sites excluding steroid dienone is 8. The number of fused-ring (bicyclic) bond motifs is 5. The molecule has 3 heteroatoms. The molecule has 1 unspecified atom stereocenters. The summed E-state index contributed by atoms with van der Waals surface area (Å²) in [6.07, 6.45) is 10.5. The molecule has 0 N–H and O–H groups in total. The average molecular weight is 713 g/mol. The molecular weight excluding hydrogens is 667 g/mol. The van der Waals surface area contributed by atoms with Crippen LogP contribution < -0.4 is 24.8 Å². The molecule has 0 radical (unpaired) electrons. The van der Waals surface area contributed by atoms with Crippen LogP contribution in [0.1, 0.15) is 97.1 Å². The van der Waals surface area contributed by atoms with E-state index >= 15 is 0 Å². The van der Waals surface area contributed by atoms with Gasteiger partial charge in [-0.2, -0.15) is 11.6 Å². The van der Waals surface area contributed by atoms with Gasteiger partial charge in [0.25, 0.3) is 0 Å². The maximum absolute atomic E-state index is 3.37. The summed E-state index contributed by atoms with van der Waals surface area (Å²) in [6.45, 7) is 22.6. The van der Waals surface area contributed by atoms with Gasteiger partial charge in [0.1, 0.15) is 0 Å². The fourth-order valence-corrected chi connectivity index (χ4v) is 7.73. The van der Waals surface area contributed by atoms with Crippen molar-refractivity contribution >= 4 is 36.4 Å². The monoisotopic (exact) mass is 710 g/mol. The molecule has 0 saturated carbocycles. The van der Waals surface area contributed by atoms with E-state index in [1.807, 2.05) is 6.07 Å². The van der Waals surface area contributed by atoms with Crippen molar-refractivity contribution in [1.29, 1.82) is 0 Å². The molecule has 0 bridgehead atoms. The van der Waals surface area contributed by atoms with Crippen molar-refractivity contribution in [2.75, 3.05) is 0 Å². The zero-order valence-corrected chi connectivity index (χ0v) is 32.5. The Hall–Kier alpha value is -2.18. The summed E-state index contributed by atoms with van der Waals surface area (Å²) in [7, 11) is 0. The molecule has 1 atom stereocenters. The van der Waals surface area contributed by atoms with Gasteiger partial charge in [0.05, 0.1) is 0 Å². The van der Waals surface area contributed by atoms with Crippen molar-refractivity contribution in [1.82, 2.24) is 0 Å². The zero-order chi connectivity index (χ0) is 31.3. The Kier molecular flexibility index (Phi) is 11.8. The van der Waals surface area contributed by atoms with Crippen LogP contribution in [0.2, 0.25) is 0 Å². The SMILES string of the molecule is CC1=CC(C)(C)c2cc3[cH-]c4cc5c(cc4c3cc21)C(C)=CC5(C)C.CC1=[C-]C(C)C=C1C(C)C.[Cl-].[Cl-].[Zr+2]=[CH]c1ccccc1. The van der Waals surface area contributed by atoms with Crippen LogP contribution in [-0.2, 0) is 35.1 Å². The van der Waals surface area contributed by atoms with Gasteiger partial charge in [0, 0.05) is 10.8 Å². The molecule has 0 nitrogen and oxygen atoms in total. The normalized spacial score (nSPS) is 18.2. The van der Waals surface area contributed by atoms with Gasteiger partial charge in [0.15, 0.2) is 0 Å². The minimum atomic E-state index is 0. The van der Waals surface area contributed by atoms with Crippen LogP contribution in [0.4, 0.5) is 0 Å². The number of hydrogen-bond donors (Lipinski definition) is 0. The van der Waals surface area contributed by atoms with Gasteiger partial charge >= 0.3 is 63.8 Å². The second-order valence-electron chi connectivity index (χ2n) is 14.1. The van der Waals surface area contributed by atoms with Crippen molar-refractivity contribution in [2.24, 2.45) is 11.8 Å². The maximum atomic E-state index is 3.37. The van der Waals surface area contributed by atoms with E-state index in [4.69, 9.17) is 0 Å². The Morgan fingerprint density at radius 1 is 0.778 bits per heavy atom. The van der Waals surface area contributed by atoms with Crippen molar-refractivity contribution in [3.8, 4) is 0 Å². The second kappa shape index (κ2) is 14.3. The van der Waals surface area contributed by atoms with Crippen LogP contribution in [0.5, 0.6) is 0 Å². The standard InChI is InChI=1S/C25H25.C10H15.C7H6.2ClH.Zr/c1-14-12-24(3,4)22-8-16-7-17-9-23-19(15(2)13-25(23,5)6)11-21(17)20(16)10-18(14)22;1-7(2)10-6-8(3)5-9(10)4;1-7-5-3-2-4-6-7;;;/h7-13H,1-6H3;6-8H,1-4H3;1-6H;2*1H;/q2*-1;;;;+2/p-2. The Morgan fingerprint density at radius 3 is 1.58 bits per heavy atom. The zero-order valence-electron chi connectivity index (χ0n) is 28.5. The Bertz CT molecular complexity index is 1750. The summed E-state index contributed by atoms with van der Waals surface area (Å²) in [5, 5.41) is 5.57. The van der Waals surface area contributed by atoms with E-state index < -0.39 is 0 Å². The van der Waals surface area contributed by atoms with Crippen molar-refractivity contribution in [3.05, 3.63) is 124 Å². The molecule has 3 aliphatic rings. The average Bonchev–Trinajstić information content (AvgIpc) is 3.62. The van der Waals surface area contributed by atoms with Gasteiger partial charge in [-0.1, -0.05) is 103 Å². The third-order valence-corrected chi connectivity index (χ3v) is 10.1. The van der Waals surface area contributed by atoms with Crippen molar-refractivity contribution < 1.29 is 49.0 Å². The van der Waals surface area contributed by atoms with E-state index in [0.29, 0.717) is 11.8 Å². The predicted octanol–water partition coefficient (Wildman–Crippen LogP) is 5.46. The molecule has 7 rings (SSSR count). The van der Waals surface area contributed by atoms with E-state index in [0.717, 1.165) is 0 Å². The molecule has 3 aliphatic carbocycles. The minimum absolute atomic E-state index is 0. The summed E-state index contributed by atoms with van der Waals surface area (Å²) in [5.41, 5.74) is 13.1. The number of rotatable bonds is 2. The number of benzene rings is 3. The second-order valence-corrected chi connectivity index (χ2v) is 14.8. The first-order chi connectivity index (χ1) is 20.2. The molecule has 0 saturated heterocycles. The van der Waals surface area contributed by atoms with Crippen LogP contribution in [-0.4, -0.2) is 3.71 Å². The topological polar surface area (TPSA) is 0 Å². The molecule has 4 aromatic carbocycles. The van der Waals surface area contributed by atoms with Gasteiger partial charge in [-0.25, -0.2) is 5.57 Å². The van der Waals surface area contributed by atoms with Crippen LogP contribution in [0, 0.1) is 17.9 Å². The van der Waals surface area contributed by atoms with Crippen LogP contribution in [0.25, 0.3) is 32.7 Å². The summed E-state index contributed by atoms with van der Waals surface area (Å²) in [5.74, 6) is 1.20. The van der Waals surface area contributed by atoms with Gasteiger partial charge in [-0.05, 0) is 36.1 Å². The van der Waals surface area contributed by atoms with Crippen LogP contribution in [0.3, 0.4) is 0 Å². The first-order valence-corrected chi connectivity index (χ1v) is 17.1. The summed E-state index contributed by atoms with van der Waals surface area (Å²) in [6, 6.07) is 22.4. The predicted molar refractivity (Wildman–Crippen MR) is 187 cm³/mol. The van der Waals surface area contributed by atoms with E-state index in [9.17, 15) is 0 Å². The third-order valence-electron chi connectivity index (χ3n) is 9.27.